The Balaban J connectivity index is 1.61. The Bertz CT molecular complexity index is 1190. The van der Waals surface area contributed by atoms with Gasteiger partial charge in [-0.25, -0.2) is 8.42 Å². The fraction of sp³-hybridized carbons (Fsp3) is 0.192. The van der Waals surface area contributed by atoms with Gasteiger partial charge in [0, 0.05) is 12.0 Å². The van der Waals surface area contributed by atoms with Crippen molar-refractivity contribution in [2.45, 2.75) is 26.4 Å². The lowest BCUT2D eigenvalue weighted by molar-refractivity contribution is -0.123. The normalized spacial score (nSPS) is 12.7. The molecule has 33 heavy (non-hydrogen) atoms. The minimum atomic E-state index is -3.80. The van der Waals surface area contributed by atoms with Crippen molar-refractivity contribution in [3.63, 3.8) is 0 Å². The fourth-order valence-corrected chi connectivity index (χ4v) is 4.36. The number of hydrogen-bond acceptors (Lipinski definition) is 4. The van der Waals surface area contributed by atoms with E-state index in [0.717, 1.165) is 27.7 Å². The lowest BCUT2D eigenvalue weighted by Gasteiger charge is -2.20. The quantitative estimate of drug-likeness (QED) is 0.440. The topological polar surface area (TPSA) is 95.5 Å². The number of carbonyl (C=O) groups is 1. The number of aromatic hydroxyl groups is 1. The molecule has 3 rings (SSSR count). The fourth-order valence-electron chi connectivity index (χ4n) is 3.21. The zero-order chi connectivity index (χ0) is 23.8. The molecular weight excluding hydrogens is 436 g/mol. The third kappa shape index (κ3) is 7.30. The van der Waals surface area contributed by atoms with Gasteiger partial charge in [-0.05, 0) is 46.4 Å². The van der Waals surface area contributed by atoms with Gasteiger partial charge in [-0.15, -0.1) is 0 Å². The molecule has 0 aliphatic heterocycles. The number of nitrogens with one attached hydrogen (secondary N) is 2. The van der Waals surface area contributed by atoms with Crippen LogP contribution in [0.2, 0.25) is 0 Å². The zero-order valence-electron chi connectivity index (χ0n) is 18.6. The molecule has 0 aromatic heterocycles. The van der Waals surface area contributed by atoms with Gasteiger partial charge in [-0.1, -0.05) is 80.6 Å². The molecule has 6 nitrogen and oxygen atoms in total. The molecule has 1 amide bonds. The Hall–Kier alpha value is -3.42. The smallest absolute Gasteiger partial charge is 0.238 e. The third-order valence-electron chi connectivity index (χ3n) is 5.10. The van der Waals surface area contributed by atoms with E-state index in [1.54, 1.807) is 38.1 Å². The lowest BCUT2D eigenvalue weighted by Crippen LogP contribution is -2.48. The number of sulfonamides is 1. The molecule has 3 N–H and O–H groups in total. The number of hydrogen-bond donors (Lipinski definition) is 3. The van der Waals surface area contributed by atoms with Gasteiger partial charge in [0.05, 0.1) is 0 Å². The highest BCUT2D eigenvalue weighted by Crippen LogP contribution is 2.22. The summed E-state index contributed by atoms with van der Waals surface area (Å²) in [6.07, 6.45) is 1.49. The van der Waals surface area contributed by atoms with Crippen LogP contribution in [0.1, 0.15) is 25.0 Å². The maximum atomic E-state index is 12.7. The number of amides is 1. The molecule has 0 bridgehead atoms. The summed E-state index contributed by atoms with van der Waals surface area (Å²) in [5.41, 5.74) is 3.61. The summed E-state index contributed by atoms with van der Waals surface area (Å²) in [5, 5.41) is 13.3. The van der Waals surface area contributed by atoms with Crippen molar-refractivity contribution in [1.82, 2.24) is 10.0 Å². The van der Waals surface area contributed by atoms with E-state index in [1.165, 1.54) is 6.08 Å². The van der Waals surface area contributed by atoms with E-state index in [1.807, 2.05) is 54.6 Å². The first-order chi connectivity index (χ1) is 15.7. The van der Waals surface area contributed by atoms with Crippen molar-refractivity contribution >= 4 is 22.0 Å². The molecule has 0 saturated heterocycles. The van der Waals surface area contributed by atoms with Crippen LogP contribution in [-0.4, -0.2) is 25.5 Å². The van der Waals surface area contributed by atoms with Crippen molar-refractivity contribution in [2.24, 2.45) is 5.92 Å². The van der Waals surface area contributed by atoms with Gasteiger partial charge < -0.3 is 10.4 Å². The van der Waals surface area contributed by atoms with Crippen molar-refractivity contribution < 1.29 is 18.3 Å². The highest BCUT2D eigenvalue weighted by atomic mass is 32.2. The van der Waals surface area contributed by atoms with Crippen LogP contribution in [0.4, 0.5) is 0 Å². The highest BCUT2D eigenvalue weighted by Gasteiger charge is 2.26. The largest absolute Gasteiger partial charge is 0.508 e. The summed E-state index contributed by atoms with van der Waals surface area (Å²) in [7, 11) is -3.80. The van der Waals surface area contributed by atoms with Crippen LogP contribution < -0.4 is 10.0 Å². The van der Waals surface area contributed by atoms with Crippen molar-refractivity contribution in [1.29, 1.82) is 0 Å². The van der Waals surface area contributed by atoms with Gasteiger partial charge in [-0.3, -0.25) is 4.79 Å². The Morgan fingerprint density at radius 1 is 0.909 bits per heavy atom. The summed E-state index contributed by atoms with van der Waals surface area (Å²) >= 11 is 0. The van der Waals surface area contributed by atoms with E-state index < -0.39 is 16.1 Å². The molecule has 0 radical (unpaired) electrons. The molecule has 1 unspecified atom stereocenters. The maximum Gasteiger partial charge on any atom is 0.238 e. The molecule has 0 fully saturated rings. The molecule has 172 valence electrons. The molecule has 3 aromatic rings. The first kappa shape index (κ1) is 24.2. The number of rotatable bonds is 9. The van der Waals surface area contributed by atoms with E-state index in [4.69, 9.17) is 0 Å². The second-order valence-corrected chi connectivity index (χ2v) is 9.66. The van der Waals surface area contributed by atoms with Crippen LogP contribution in [0.5, 0.6) is 5.75 Å². The maximum absolute atomic E-state index is 12.7. The van der Waals surface area contributed by atoms with Gasteiger partial charge in [0.1, 0.15) is 11.8 Å². The van der Waals surface area contributed by atoms with Gasteiger partial charge in [0.15, 0.2) is 0 Å². The first-order valence-corrected chi connectivity index (χ1v) is 12.2. The summed E-state index contributed by atoms with van der Waals surface area (Å²) < 4.78 is 27.5. The number of phenols is 1. The highest BCUT2D eigenvalue weighted by molar-refractivity contribution is 7.92. The molecule has 0 spiro atoms. The second-order valence-electron chi connectivity index (χ2n) is 8.06. The van der Waals surface area contributed by atoms with Crippen LogP contribution in [0.3, 0.4) is 0 Å². The average molecular weight is 465 g/mol. The number of carbonyl (C=O) groups excluding carboxylic acids is 1. The summed E-state index contributed by atoms with van der Waals surface area (Å²) in [5.74, 6) is -0.407. The van der Waals surface area contributed by atoms with Crippen molar-refractivity contribution in [3.8, 4) is 16.9 Å². The Kier molecular flexibility index (Phi) is 8.03. The second kappa shape index (κ2) is 10.9. The van der Waals surface area contributed by atoms with Crippen LogP contribution in [-0.2, 0) is 21.4 Å². The number of benzene rings is 3. The zero-order valence-corrected chi connectivity index (χ0v) is 19.4. The molecular formula is C26H28N2O4S. The molecule has 1 atom stereocenters. The summed E-state index contributed by atoms with van der Waals surface area (Å²) in [6, 6.07) is 22.8. The molecule has 3 aromatic carbocycles. The standard InChI is InChI=1S/C26H28N2O4S/c1-19(2)25(28-33(31,32)17-16-20-6-4-3-5-7-20)26(30)27-18-21-8-10-22(11-9-21)23-12-14-24(29)15-13-23/h3-17,19,25,28-29H,18H2,1-2H3,(H,27,30). The SMILES string of the molecule is CC(C)C(NS(=O)(=O)C=Cc1ccccc1)C(=O)NCc1ccc(-c2ccc(O)cc2)cc1. The molecule has 0 aliphatic carbocycles. The summed E-state index contributed by atoms with van der Waals surface area (Å²) in [6.45, 7) is 3.86. The van der Waals surface area contributed by atoms with Crippen LogP contribution in [0.25, 0.3) is 17.2 Å². The van der Waals surface area contributed by atoms with Crippen LogP contribution >= 0.6 is 0 Å². The van der Waals surface area contributed by atoms with E-state index in [-0.39, 0.29) is 24.1 Å². The van der Waals surface area contributed by atoms with Gasteiger partial charge in [-0.2, -0.15) is 4.72 Å². The van der Waals surface area contributed by atoms with Crippen LogP contribution in [0.15, 0.2) is 84.3 Å². The molecule has 0 saturated carbocycles. The Labute approximate surface area is 195 Å². The minimum absolute atomic E-state index is 0.212. The monoisotopic (exact) mass is 464 g/mol. The Morgan fingerprint density at radius 3 is 2.06 bits per heavy atom. The van der Waals surface area contributed by atoms with Gasteiger partial charge in [0.2, 0.25) is 15.9 Å². The van der Waals surface area contributed by atoms with E-state index in [9.17, 15) is 18.3 Å². The lowest BCUT2D eigenvalue weighted by atomic mass is 10.0. The van der Waals surface area contributed by atoms with Gasteiger partial charge >= 0.3 is 0 Å². The van der Waals surface area contributed by atoms with Crippen molar-refractivity contribution in [2.75, 3.05) is 0 Å². The van der Waals surface area contributed by atoms with Crippen LogP contribution in [0, 0.1) is 5.92 Å². The first-order valence-electron chi connectivity index (χ1n) is 10.6. The van der Waals surface area contributed by atoms with E-state index in [0.29, 0.717) is 0 Å². The number of phenolic OH excluding ortho intramolecular Hbond substituents is 1. The summed E-state index contributed by atoms with van der Waals surface area (Å²) in [4.78, 5) is 12.7. The average Bonchev–Trinajstić information content (AvgIpc) is 2.81. The Morgan fingerprint density at radius 2 is 1.48 bits per heavy atom. The third-order valence-corrected chi connectivity index (χ3v) is 6.18. The molecule has 7 heteroatoms. The predicted molar refractivity (Wildman–Crippen MR) is 132 cm³/mol. The van der Waals surface area contributed by atoms with E-state index in [2.05, 4.69) is 10.0 Å². The van der Waals surface area contributed by atoms with Gasteiger partial charge in [0.25, 0.3) is 0 Å². The van der Waals surface area contributed by atoms with E-state index >= 15 is 0 Å². The minimum Gasteiger partial charge on any atom is -0.508 e. The molecule has 0 heterocycles. The van der Waals surface area contributed by atoms with Crippen molar-refractivity contribution in [3.05, 3.63) is 95.4 Å². The predicted octanol–water partition coefficient (Wildman–Crippen LogP) is 4.29. The molecule has 0 aliphatic rings.